The van der Waals surface area contributed by atoms with E-state index in [1.807, 2.05) is 24.3 Å². The predicted molar refractivity (Wildman–Crippen MR) is 199 cm³/mol. The Morgan fingerprint density at radius 1 is 0.375 bits per heavy atom. The summed E-state index contributed by atoms with van der Waals surface area (Å²) in [4.78, 5) is 10.3. The first-order chi connectivity index (χ1) is 23.8. The van der Waals surface area contributed by atoms with E-state index in [4.69, 9.17) is 9.97 Å². The lowest BCUT2D eigenvalue weighted by atomic mass is 10.1. The van der Waals surface area contributed by atoms with Gasteiger partial charge in [0.05, 0.1) is 27.8 Å². The highest BCUT2D eigenvalue weighted by atomic mass is 15.1. The van der Waals surface area contributed by atoms with Crippen LogP contribution in [0, 0.1) is 0 Å². The number of aromatic nitrogens is 4. The van der Waals surface area contributed by atoms with E-state index in [0.29, 0.717) is 5.82 Å². The van der Waals surface area contributed by atoms with Gasteiger partial charge in [-0.3, -0.25) is 4.57 Å². The largest absolute Gasteiger partial charge is 0.309 e. The molecule has 0 saturated heterocycles. The molecular weight excluding hydrogens is 585 g/mol. The van der Waals surface area contributed by atoms with Gasteiger partial charge in [-0.25, -0.2) is 9.97 Å². The highest BCUT2D eigenvalue weighted by Gasteiger charge is 2.22. The Hall–Kier alpha value is -6.52. The van der Waals surface area contributed by atoms with Crippen molar-refractivity contribution in [3.63, 3.8) is 0 Å². The fourth-order valence-electron chi connectivity index (χ4n) is 7.38. The van der Waals surface area contributed by atoms with Crippen LogP contribution >= 0.6 is 0 Å². The summed E-state index contributed by atoms with van der Waals surface area (Å²) < 4.78 is 4.72. The second kappa shape index (κ2) is 10.5. The van der Waals surface area contributed by atoms with E-state index in [1.54, 1.807) is 0 Å². The van der Waals surface area contributed by atoms with Crippen molar-refractivity contribution in [2.24, 2.45) is 0 Å². The van der Waals surface area contributed by atoms with Gasteiger partial charge in [-0.15, -0.1) is 0 Å². The van der Waals surface area contributed by atoms with Gasteiger partial charge in [-0.05, 0) is 47.2 Å². The van der Waals surface area contributed by atoms with E-state index >= 15 is 0 Å². The quantitative estimate of drug-likeness (QED) is 0.198. The Balaban J connectivity index is 1.31. The zero-order chi connectivity index (χ0) is 31.6. The Bertz CT molecular complexity index is 2770. The van der Waals surface area contributed by atoms with Crippen LogP contribution in [-0.4, -0.2) is 19.1 Å². The molecule has 0 aliphatic carbocycles. The SMILES string of the molecule is c1ccc(-c2cc(-n3c4ccccc4c4c5c6ccccc6n(-c6ccc7ccccc7c6)c5ccc43)nc(-c3ccccc3)n2)cc1. The summed E-state index contributed by atoms with van der Waals surface area (Å²) >= 11 is 0. The summed E-state index contributed by atoms with van der Waals surface area (Å²) in [5.41, 5.74) is 8.67. The van der Waals surface area contributed by atoms with Crippen LogP contribution in [0.2, 0.25) is 0 Å². The third-order valence-electron chi connectivity index (χ3n) is 9.51. The molecular formula is C44H28N4. The van der Waals surface area contributed by atoms with Gasteiger partial charge in [0.1, 0.15) is 5.82 Å². The first-order valence-corrected chi connectivity index (χ1v) is 16.3. The number of nitrogens with zero attached hydrogens (tertiary/aromatic N) is 4. The van der Waals surface area contributed by atoms with Gasteiger partial charge in [0.25, 0.3) is 0 Å². The van der Waals surface area contributed by atoms with Crippen LogP contribution in [0.4, 0.5) is 0 Å². The van der Waals surface area contributed by atoms with E-state index in [9.17, 15) is 0 Å². The van der Waals surface area contributed by atoms with Gasteiger partial charge in [-0.2, -0.15) is 0 Å². The summed E-state index contributed by atoms with van der Waals surface area (Å²) in [6.07, 6.45) is 0. The summed E-state index contributed by atoms with van der Waals surface area (Å²) in [6.45, 7) is 0. The van der Waals surface area contributed by atoms with Crippen LogP contribution in [0.15, 0.2) is 170 Å². The molecule has 0 unspecified atom stereocenters. The Kier molecular flexibility index (Phi) is 5.84. The van der Waals surface area contributed by atoms with Gasteiger partial charge in [-0.1, -0.05) is 127 Å². The minimum atomic E-state index is 0.701. The maximum absolute atomic E-state index is 5.24. The van der Waals surface area contributed by atoms with Crippen LogP contribution in [0.3, 0.4) is 0 Å². The van der Waals surface area contributed by atoms with Gasteiger partial charge in [0, 0.05) is 44.4 Å². The molecule has 0 spiro atoms. The highest BCUT2D eigenvalue weighted by Crippen LogP contribution is 2.42. The molecule has 0 radical (unpaired) electrons. The molecule has 4 nitrogen and oxygen atoms in total. The molecule has 0 fully saturated rings. The van der Waals surface area contributed by atoms with Crippen LogP contribution in [0.5, 0.6) is 0 Å². The van der Waals surface area contributed by atoms with Crippen molar-refractivity contribution < 1.29 is 0 Å². The Morgan fingerprint density at radius 3 is 1.65 bits per heavy atom. The summed E-state index contributed by atoms with van der Waals surface area (Å²) in [5.74, 6) is 1.54. The standard InChI is InChI=1S/C44H28N4/c1-3-14-30(15-4-1)36-28-41(46-44(45-36)31-16-5-2-6-17-31)48-38-22-12-10-20-35(38)43-40(48)26-25-39-42(43)34-19-9-11-21-37(34)47(39)33-24-23-29-13-7-8-18-32(29)27-33/h1-28H. The topological polar surface area (TPSA) is 35.6 Å². The molecule has 0 bridgehead atoms. The van der Waals surface area contributed by atoms with Gasteiger partial charge < -0.3 is 4.57 Å². The molecule has 10 rings (SSSR count). The van der Waals surface area contributed by atoms with Gasteiger partial charge in [0.15, 0.2) is 5.82 Å². The number of fused-ring (bicyclic) bond motifs is 8. The number of rotatable bonds is 4. The van der Waals surface area contributed by atoms with E-state index < -0.39 is 0 Å². The molecule has 48 heavy (non-hydrogen) atoms. The third-order valence-corrected chi connectivity index (χ3v) is 9.51. The molecule has 0 aliphatic rings. The first kappa shape index (κ1) is 26.7. The molecule has 4 heteroatoms. The molecule has 3 heterocycles. The zero-order valence-electron chi connectivity index (χ0n) is 26.0. The number of hydrogen-bond donors (Lipinski definition) is 0. The van der Waals surface area contributed by atoms with E-state index in [-0.39, 0.29) is 0 Å². The van der Waals surface area contributed by atoms with Crippen molar-refractivity contribution in [2.45, 2.75) is 0 Å². The minimum Gasteiger partial charge on any atom is -0.309 e. The molecule has 0 saturated carbocycles. The minimum absolute atomic E-state index is 0.701. The molecule has 0 aliphatic heterocycles. The third kappa shape index (κ3) is 4.03. The molecule has 0 atom stereocenters. The van der Waals surface area contributed by atoms with Crippen molar-refractivity contribution in [1.29, 1.82) is 0 Å². The van der Waals surface area contributed by atoms with Crippen molar-refractivity contribution in [1.82, 2.24) is 19.1 Å². The van der Waals surface area contributed by atoms with Crippen molar-refractivity contribution in [3.05, 3.63) is 170 Å². The van der Waals surface area contributed by atoms with Crippen LogP contribution in [0.1, 0.15) is 0 Å². The lowest BCUT2D eigenvalue weighted by molar-refractivity contribution is 1.05. The molecule has 224 valence electrons. The summed E-state index contributed by atoms with van der Waals surface area (Å²) in [5, 5.41) is 7.35. The highest BCUT2D eigenvalue weighted by molar-refractivity contribution is 6.28. The average molecular weight is 613 g/mol. The zero-order valence-corrected chi connectivity index (χ0v) is 26.0. The van der Waals surface area contributed by atoms with Gasteiger partial charge >= 0.3 is 0 Å². The number of para-hydroxylation sites is 2. The Morgan fingerprint density at radius 2 is 0.938 bits per heavy atom. The second-order valence-electron chi connectivity index (χ2n) is 12.3. The van der Waals surface area contributed by atoms with Crippen LogP contribution in [-0.2, 0) is 0 Å². The molecule has 0 N–H and O–H groups in total. The number of benzene rings is 7. The molecule has 10 aromatic rings. The van der Waals surface area contributed by atoms with Crippen molar-refractivity contribution >= 4 is 54.4 Å². The Labute approximate surface area is 276 Å². The average Bonchev–Trinajstić information content (AvgIpc) is 3.68. The maximum atomic E-state index is 5.24. The smallest absolute Gasteiger partial charge is 0.162 e. The van der Waals surface area contributed by atoms with E-state index in [2.05, 4.69) is 155 Å². The first-order valence-electron chi connectivity index (χ1n) is 16.3. The number of hydrogen-bond acceptors (Lipinski definition) is 2. The second-order valence-corrected chi connectivity index (χ2v) is 12.3. The normalized spacial score (nSPS) is 11.8. The van der Waals surface area contributed by atoms with Crippen LogP contribution < -0.4 is 0 Å². The van der Waals surface area contributed by atoms with Crippen LogP contribution in [0.25, 0.3) is 88.5 Å². The van der Waals surface area contributed by atoms with E-state index in [0.717, 1.165) is 39.4 Å². The van der Waals surface area contributed by atoms with Crippen molar-refractivity contribution in [2.75, 3.05) is 0 Å². The molecule has 0 amide bonds. The maximum Gasteiger partial charge on any atom is 0.162 e. The van der Waals surface area contributed by atoms with Crippen molar-refractivity contribution in [3.8, 4) is 34.2 Å². The summed E-state index contributed by atoms with van der Waals surface area (Å²) in [6, 6.07) is 60.1. The monoisotopic (exact) mass is 612 g/mol. The molecule has 7 aromatic carbocycles. The fourth-order valence-corrected chi connectivity index (χ4v) is 7.38. The predicted octanol–water partition coefficient (Wildman–Crippen LogP) is 11.2. The molecule has 3 aromatic heterocycles. The lowest BCUT2D eigenvalue weighted by Crippen LogP contribution is -2.02. The summed E-state index contributed by atoms with van der Waals surface area (Å²) in [7, 11) is 0. The van der Waals surface area contributed by atoms with E-state index in [1.165, 1.54) is 43.4 Å². The fraction of sp³-hybridized carbons (Fsp3) is 0. The lowest BCUT2D eigenvalue weighted by Gasteiger charge is -2.12. The van der Waals surface area contributed by atoms with Gasteiger partial charge in [0.2, 0.25) is 0 Å².